The van der Waals surface area contributed by atoms with E-state index in [4.69, 9.17) is 10.8 Å². The predicted molar refractivity (Wildman–Crippen MR) is 63.2 cm³/mol. The van der Waals surface area contributed by atoms with E-state index in [1.165, 1.54) is 23.1 Å². The largest absolute Gasteiger partial charge is 0.478 e. The number of hydrogen-bond donors (Lipinski definition) is 2. The van der Waals surface area contributed by atoms with Gasteiger partial charge in [0.2, 0.25) is 0 Å². The molecule has 0 atom stereocenters. The van der Waals surface area contributed by atoms with Gasteiger partial charge in [0.05, 0.1) is 23.9 Å². The number of nitrogens with two attached hydrogens (primary N) is 1. The first kappa shape index (κ1) is 11.8. The number of carbonyl (C=O) groups excluding carboxylic acids is 1. The average Bonchev–Trinajstić information content (AvgIpc) is 2.78. The summed E-state index contributed by atoms with van der Waals surface area (Å²) in [6, 6.07) is 6.53. The molecule has 0 saturated heterocycles. The zero-order valence-corrected chi connectivity index (χ0v) is 9.41. The van der Waals surface area contributed by atoms with E-state index in [1.54, 1.807) is 18.2 Å². The number of carboxylic acid groups (broad SMARTS) is 1. The van der Waals surface area contributed by atoms with Crippen LogP contribution in [0.15, 0.2) is 36.7 Å². The average molecular weight is 245 g/mol. The molecule has 6 nitrogen and oxygen atoms in total. The van der Waals surface area contributed by atoms with Crippen LogP contribution >= 0.6 is 0 Å². The van der Waals surface area contributed by atoms with E-state index in [-0.39, 0.29) is 5.56 Å². The van der Waals surface area contributed by atoms with E-state index in [2.05, 4.69) is 5.10 Å². The van der Waals surface area contributed by atoms with Crippen LogP contribution in [0.3, 0.4) is 0 Å². The van der Waals surface area contributed by atoms with Crippen LogP contribution in [0, 0.1) is 0 Å². The number of rotatable bonds is 4. The second kappa shape index (κ2) is 4.70. The highest BCUT2D eigenvalue weighted by atomic mass is 16.4. The van der Waals surface area contributed by atoms with Gasteiger partial charge in [0, 0.05) is 6.20 Å². The molecule has 0 fully saturated rings. The van der Waals surface area contributed by atoms with Gasteiger partial charge in [-0.05, 0) is 17.7 Å². The molecule has 0 spiro atoms. The van der Waals surface area contributed by atoms with E-state index < -0.39 is 11.9 Å². The number of carboxylic acids is 1. The monoisotopic (exact) mass is 245 g/mol. The number of aromatic nitrogens is 2. The molecule has 92 valence electrons. The van der Waals surface area contributed by atoms with Gasteiger partial charge < -0.3 is 10.8 Å². The molecule has 0 saturated carbocycles. The van der Waals surface area contributed by atoms with E-state index in [9.17, 15) is 9.59 Å². The number of nitrogens with zero attached hydrogens (tertiary/aromatic N) is 2. The number of benzene rings is 1. The summed E-state index contributed by atoms with van der Waals surface area (Å²) in [4.78, 5) is 21.7. The third-order valence-corrected chi connectivity index (χ3v) is 2.44. The number of hydrogen-bond acceptors (Lipinski definition) is 3. The van der Waals surface area contributed by atoms with Gasteiger partial charge in [-0.2, -0.15) is 5.10 Å². The number of primary amides is 1. The lowest BCUT2D eigenvalue weighted by molar-refractivity contribution is 0.0696. The molecular weight excluding hydrogens is 234 g/mol. The van der Waals surface area contributed by atoms with Crippen LogP contribution in [-0.2, 0) is 6.54 Å². The van der Waals surface area contributed by atoms with Crippen LogP contribution < -0.4 is 5.73 Å². The van der Waals surface area contributed by atoms with E-state index in [1.807, 2.05) is 0 Å². The van der Waals surface area contributed by atoms with E-state index >= 15 is 0 Å². The first-order valence-electron chi connectivity index (χ1n) is 5.21. The van der Waals surface area contributed by atoms with Crippen LogP contribution in [0.4, 0.5) is 0 Å². The Morgan fingerprint density at radius 1 is 1.33 bits per heavy atom. The quantitative estimate of drug-likeness (QED) is 0.829. The minimum Gasteiger partial charge on any atom is -0.478 e. The summed E-state index contributed by atoms with van der Waals surface area (Å²) < 4.78 is 1.53. The summed E-state index contributed by atoms with van der Waals surface area (Å²) in [5.74, 6) is -1.52. The lowest BCUT2D eigenvalue weighted by Crippen LogP contribution is -2.09. The molecule has 2 rings (SSSR count). The Morgan fingerprint density at radius 2 is 2.11 bits per heavy atom. The molecular formula is C12H11N3O3. The van der Waals surface area contributed by atoms with Crippen molar-refractivity contribution < 1.29 is 14.7 Å². The molecule has 0 aliphatic rings. The summed E-state index contributed by atoms with van der Waals surface area (Å²) in [6.07, 6.45) is 2.90. The maximum atomic E-state index is 10.9. The van der Waals surface area contributed by atoms with Crippen molar-refractivity contribution in [2.75, 3.05) is 0 Å². The Kier molecular flexibility index (Phi) is 3.09. The van der Waals surface area contributed by atoms with Crippen molar-refractivity contribution in [3.63, 3.8) is 0 Å². The topological polar surface area (TPSA) is 98.2 Å². The standard InChI is InChI=1S/C12H11N3O3/c13-11(16)10-5-14-15(7-10)6-8-2-1-3-9(4-8)12(17)18/h1-5,7H,6H2,(H2,13,16)(H,17,18). The molecule has 0 aliphatic carbocycles. The van der Waals surface area contributed by atoms with Crippen LogP contribution in [0.1, 0.15) is 26.3 Å². The first-order chi connectivity index (χ1) is 8.56. The maximum Gasteiger partial charge on any atom is 0.335 e. The zero-order valence-electron chi connectivity index (χ0n) is 9.41. The highest BCUT2D eigenvalue weighted by Crippen LogP contribution is 2.07. The van der Waals surface area contributed by atoms with E-state index in [0.717, 1.165) is 5.56 Å². The third kappa shape index (κ3) is 2.54. The summed E-state index contributed by atoms with van der Waals surface area (Å²) in [7, 11) is 0. The second-order valence-corrected chi connectivity index (χ2v) is 3.80. The van der Waals surface area contributed by atoms with Crippen molar-refractivity contribution in [3.05, 3.63) is 53.3 Å². The van der Waals surface area contributed by atoms with Gasteiger partial charge in [0.15, 0.2) is 0 Å². The molecule has 2 aromatic rings. The maximum absolute atomic E-state index is 10.9. The smallest absolute Gasteiger partial charge is 0.335 e. The fourth-order valence-electron chi connectivity index (χ4n) is 1.57. The predicted octanol–water partition coefficient (Wildman–Crippen LogP) is 0.728. The molecule has 0 unspecified atom stereocenters. The highest BCUT2D eigenvalue weighted by molar-refractivity contribution is 5.92. The van der Waals surface area contributed by atoms with Crippen molar-refractivity contribution >= 4 is 11.9 Å². The Balaban J connectivity index is 2.20. The van der Waals surface area contributed by atoms with Crippen LogP contribution in [0.25, 0.3) is 0 Å². The molecule has 1 amide bonds. The first-order valence-corrected chi connectivity index (χ1v) is 5.21. The van der Waals surface area contributed by atoms with Crippen LogP contribution in [-0.4, -0.2) is 26.8 Å². The number of aromatic carboxylic acids is 1. The van der Waals surface area contributed by atoms with Gasteiger partial charge in [0.1, 0.15) is 0 Å². The molecule has 1 aromatic heterocycles. The lowest BCUT2D eigenvalue weighted by atomic mass is 10.1. The van der Waals surface area contributed by atoms with Gasteiger partial charge in [-0.1, -0.05) is 12.1 Å². The fraction of sp³-hybridized carbons (Fsp3) is 0.0833. The van der Waals surface area contributed by atoms with Gasteiger partial charge in [-0.15, -0.1) is 0 Å². The molecule has 1 aromatic carbocycles. The Labute approximate surface area is 103 Å². The minimum atomic E-state index is -0.977. The van der Waals surface area contributed by atoms with Crippen LogP contribution in [0.5, 0.6) is 0 Å². The van der Waals surface area contributed by atoms with Crippen LogP contribution in [0.2, 0.25) is 0 Å². The molecule has 3 N–H and O–H groups in total. The highest BCUT2D eigenvalue weighted by Gasteiger charge is 2.06. The molecule has 0 radical (unpaired) electrons. The molecule has 1 heterocycles. The summed E-state index contributed by atoms with van der Waals surface area (Å²) in [5, 5.41) is 12.8. The normalized spacial score (nSPS) is 10.2. The van der Waals surface area contributed by atoms with Crippen molar-refractivity contribution in [2.24, 2.45) is 5.73 Å². The van der Waals surface area contributed by atoms with Gasteiger partial charge in [-0.25, -0.2) is 4.79 Å². The Hall–Kier alpha value is -2.63. The number of carbonyl (C=O) groups is 2. The van der Waals surface area contributed by atoms with Crippen molar-refractivity contribution in [3.8, 4) is 0 Å². The Bertz CT molecular complexity index is 604. The molecule has 18 heavy (non-hydrogen) atoms. The number of amides is 1. The van der Waals surface area contributed by atoms with E-state index in [0.29, 0.717) is 12.1 Å². The van der Waals surface area contributed by atoms with Gasteiger partial charge >= 0.3 is 5.97 Å². The Morgan fingerprint density at radius 3 is 2.72 bits per heavy atom. The summed E-state index contributed by atoms with van der Waals surface area (Å²) in [6.45, 7) is 0.383. The molecule has 6 heteroatoms. The SMILES string of the molecule is NC(=O)c1cnn(Cc2cccc(C(=O)O)c2)c1. The molecule has 0 bridgehead atoms. The van der Waals surface area contributed by atoms with Gasteiger partial charge in [-0.3, -0.25) is 9.48 Å². The second-order valence-electron chi connectivity index (χ2n) is 3.80. The van der Waals surface area contributed by atoms with Crippen molar-refractivity contribution in [2.45, 2.75) is 6.54 Å². The van der Waals surface area contributed by atoms with Crippen molar-refractivity contribution in [1.29, 1.82) is 0 Å². The summed E-state index contributed by atoms with van der Waals surface area (Å²) >= 11 is 0. The fourth-order valence-corrected chi connectivity index (χ4v) is 1.57. The van der Waals surface area contributed by atoms with Crippen molar-refractivity contribution in [1.82, 2.24) is 9.78 Å². The minimum absolute atomic E-state index is 0.217. The molecule has 0 aliphatic heterocycles. The lowest BCUT2D eigenvalue weighted by Gasteiger charge is -2.02. The van der Waals surface area contributed by atoms with Gasteiger partial charge in [0.25, 0.3) is 5.91 Å². The third-order valence-electron chi connectivity index (χ3n) is 2.44. The zero-order chi connectivity index (χ0) is 13.1. The summed E-state index contributed by atoms with van der Waals surface area (Å²) in [5.41, 5.74) is 6.44.